The van der Waals surface area contributed by atoms with Gasteiger partial charge in [0.2, 0.25) is 0 Å². The summed E-state index contributed by atoms with van der Waals surface area (Å²) >= 11 is 0. The molecule has 1 rings (SSSR count). The lowest BCUT2D eigenvalue weighted by molar-refractivity contribution is 0.0581. The van der Waals surface area contributed by atoms with E-state index in [1.807, 2.05) is 18.2 Å². The fraction of sp³-hybridized carbons (Fsp3) is 0.400. The van der Waals surface area contributed by atoms with E-state index < -0.39 is 21.6 Å². The van der Waals surface area contributed by atoms with Crippen LogP contribution in [-0.2, 0) is 14.9 Å². The van der Waals surface area contributed by atoms with Gasteiger partial charge in [-0.15, -0.1) is 0 Å². The minimum absolute atomic E-state index is 0.144. The lowest BCUT2D eigenvalue weighted by atomic mass is 10.2. The smallest absolute Gasteiger partial charge is 0.269 e. The van der Waals surface area contributed by atoms with E-state index in [0.717, 1.165) is 5.56 Å². The first-order chi connectivity index (χ1) is 7.41. The van der Waals surface area contributed by atoms with Crippen molar-refractivity contribution in [3.8, 4) is 0 Å². The highest BCUT2D eigenvalue weighted by atomic mass is 32.2. The molecular formula is C10H15NO4S. The Bertz CT molecular complexity index is 418. The predicted octanol–water partition coefficient (Wildman–Crippen LogP) is 0.937. The van der Waals surface area contributed by atoms with Crippen LogP contribution in [0.3, 0.4) is 0 Å². The maximum Gasteiger partial charge on any atom is 0.269 e. The van der Waals surface area contributed by atoms with Crippen molar-refractivity contribution >= 4 is 10.1 Å². The van der Waals surface area contributed by atoms with Crippen molar-refractivity contribution in [1.82, 2.24) is 0 Å². The zero-order valence-electron chi connectivity index (χ0n) is 8.91. The van der Waals surface area contributed by atoms with Gasteiger partial charge in [-0.05, 0) is 12.5 Å². The second-order valence-electron chi connectivity index (χ2n) is 3.49. The third kappa shape index (κ3) is 3.90. The van der Waals surface area contributed by atoms with E-state index in [1.54, 1.807) is 12.1 Å². The Balaban J connectivity index is 2.51. The van der Waals surface area contributed by atoms with Gasteiger partial charge in [-0.25, -0.2) is 0 Å². The van der Waals surface area contributed by atoms with Crippen LogP contribution in [0.15, 0.2) is 30.3 Å². The first-order valence-electron chi connectivity index (χ1n) is 4.79. The lowest BCUT2D eigenvalue weighted by Gasteiger charge is -2.15. The van der Waals surface area contributed by atoms with Gasteiger partial charge >= 0.3 is 0 Å². The molecule has 0 saturated heterocycles. The second kappa shape index (κ2) is 5.40. The van der Waals surface area contributed by atoms with Gasteiger partial charge in [-0.1, -0.05) is 30.3 Å². The van der Waals surface area contributed by atoms with Gasteiger partial charge in [0.05, 0.1) is 6.61 Å². The lowest BCUT2D eigenvalue weighted by Crippen LogP contribution is -2.26. The Morgan fingerprint density at radius 1 is 1.38 bits per heavy atom. The molecule has 1 aromatic carbocycles. The number of benzene rings is 1. The Morgan fingerprint density at radius 3 is 2.44 bits per heavy atom. The van der Waals surface area contributed by atoms with E-state index in [4.69, 9.17) is 15.0 Å². The number of rotatable bonds is 5. The van der Waals surface area contributed by atoms with Gasteiger partial charge in [0, 0.05) is 0 Å². The van der Waals surface area contributed by atoms with Crippen LogP contribution < -0.4 is 5.73 Å². The van der Waals surface area contributed by atoms with Crippen LogP contribution in [0.5, 0.6) is 0 Å². The highest BCUT2D eigenvalue weighted by Crippen LogP contribution is 2.12. The van der Waals surface area contributed by atoms with E-state index in [2.05, 4.69) is 0 Å². The van der Waals surface area contributed by atoms with Gasteiger partial charge in [-0.2, -0.15) is 8.42 Å². The van der Waals surface area contributed by atoms with Crippen molar-refractivity contribution in [3.63, 3.8) is 0 Å². The van der Waals surface area contributed by atoms with Gasteiger partial charge < -0.3 is 10.5 Å². The molecule has 0 heterocycles. The quantitative estimate of drug-likeness (QED) is 0.595. The van der Waals surface area contributed by atoms with Gasteiger partial charge in [0.15, 0.2) is 0 Å². The SMILES string of the molecule is CC(COC(N)c1ccccc1)S(=O)(=O)O. The zero-order chi connectivity index (χ0) is 12.2. The molecule has 16 heavy (non-hydrogen) atoms. The first kappa shape index (κ1) is 13.1. The molecule has 0 aliphatic carbocycles. The topological polar surface area (TPSA) is 89.6 Å². The molecule has 0 amide bonds. The minimum atomic E-state index is -4.06. The number of nitrogens with two attached hydrogens (primary N) is 1. The van der Waals surface area contributed by atoms with Crippen LogP contribution in [0.25, 0.3) is 0 Å². The van der Waals surface area contributed by atoms with Crippen LogP contribution in [0.4, 0.5) is 0 Å². The van der Waals surface area contributed by atoms with Crippen molar-refractivity contribution in [3.05, 3.63) is 35.9 Å². The van der Waals surface area contributed by atoms with Crippen molar-refractivity contribution in [2.75, 3.05) is 6.61 Å². The summed E-state index contributed by atoms with van der Waals surface area (Å²) in [6.45, 7) is 1.21. The Labute approximate surface area is 95.0 Å². The third-order valence-electron chi connectivity index (χ3n) is 2.15. The van der Waals surface area contributed by atoms with E-state index in [0.29, 0.717) is 0 Å². The molecule has 0 aliphatic rings. The molecular weight excluding hydrogens is 230 g/mol. The number of hydrogen-bond acceptors (Lipinski definition) is 4. The van der Waals surface area contributed by atoms with Crippen molar-refractivity contribution in [2.45, 2.75) is 18.4 Å². The van der Waals surface area contributed by atoms with Crippen LogP contribution in [-0.4, -0.2) is 24.8 Å². The summed E-state index contributed by atoms with van der Waals surface area (Å²) in [5.41, 5.74) is 6.44. The molecule has 0 aliphatic heterocycles. The summed E-state index contributed by atoms with van der Waals surface area (Å²) < 4.78 is 35.3. The molecule has 3 N–H and O–H groups in total. The largest absolute Gasteiger partial charge is 0.358 e. The summed E-state index contributed by atoms with van der Waals surface area (Å²) in [6, 6.07) is 9.03. The molecule has 0 fully saturated rings. The fourth-order valence-electron chi connectivity index (χ4n) is 1.06. The first-order valence-corrected chi connectivity index (χ1v) is 6.30. The Morgan fingerprint density at radius 2 is 1.94 bits per heavy atom. The van der Waals surface area contributed by atoms with E-state index in [9.17, 15) is 8.42 Å². The number of hydrogen-bond donors (Lipinski definition) is 2. The molecule has 0 saturated carbocycles. The molecule has 90 valence electrons. The van der Waals surface area contributed by atoms with Crippen LogP contribution >= 0.6 is 0 Å². The zero-order valence-corrected chi connectivity index (χ0v) is 9.72. The van der Waals surface area contributed by atoms with Gasteiger partial charge in [0.1, 0.15) is 11.5 Å². The third-order valence-corrected chi connectivity index (χ3v) is 3.30. The van der Waals surface area contributed by atoms with Crippen molar-refractivity contribution in [2.24, 2.45) is 5.73 Å². The molecule has 6 heteroatoms. The van der Waals surface area contributed by atoms with Crippen molar-refractivity contribution in [1.29, 1.82) is 0 Å². The molecule has 0 bridgehead atoms. The minimum Gasteiger partial charge on any atom is -0.358 e. The Hall–Kier alpha value is -0.950. The number of ether oxygens (including phenoxy) is 1. The fourth-order valence-corrected chi connectivity index (χ4v) is 1.31. The van der Waals surface area contributed by atoms with E-state index >= 15 is 0 Å². The standard InChI is InChI=1S/C10H15NO4S/c1-8(16(12,13)14)7-15-10(11)9-5-3-2-4-6-9/h2-6,8,10H,7,11H2,1H3,(H,12,13,14). The normalized spacial score (nSPS) is 15.7. The van der Waals surface area contributed by atoms with E-state index in [1.165, 1.54) is 6.92 Å². The van der Waals surface area contributed by atoms with Crippen molar-refractivity contribution < 1.29 is 17.7 Å². The highest BCUT2D eigenvalue weighted by Gasteiger charge is 2.18. The average Bonchev–Trinajstić information content (AvgIpc) is 2.25. The van der Waals surface area contributed by atoms with Crippen LogP contribution in [0, 0.1) is 0 Å². The predicted molar refractivity (Wildman–Crippen MR) is 60.3 cm³/mol. The molecule has 5 nitrogen and oxygen atoms in total. The molecule has 2 unspecified atom stereocenters. The Kier molecular flexibility index (Phi) is 4.43. The van der Waals surface area contributed by atoms with Crippen LogP contribution in [0.1, 0.15) is 18.7 Å². The summed E-state index contributed by atoms with van der Waals surface area (Å²) in [4.78, 5) is 0. The monoisotopic (exact) mass is 245 g/mol. The summed E-state index contributed by atoms with van der Waals surface area (Å²) in [5.74, 6) is 0. The second-order valence-corrected chi connectivity index (χ2v) is 5.32. The summed E-state index contributed by atoms with van der Waals surface area (Å²) in [7, 11) is -4.06. The molecule has 2 atom stereocenters. The summed E-state index contributed by atoms with van der Waals surface area (Å²) in [6.07, 6.45) is -0.689. The van der Waals surface area contributed by atoms with E-state index in [-0.39, 0.29) is 6.61 Å². The maximum absolute atomic E-state index is 10.7. The maximum atomic E-state index is 10.7. The molecule has 0 spiro atoms. The summed E-state index contributed by atoms with van der Waals surface area (Å²) in [5, 5.41) is -0.984. The van der Waals surface area contributed by atoms with Gasteiger partial charge in [0.25, 0.3) is 10.1 Å². The molecule has 0 radical (unpaired) electrons. The van der Waals surface area contributed by atoms with Gasteiger partial charge in [-0.3, -0.25) is 4.55 Å². The van der Waals surface area contributed by atoms with Crippen LogP contribution in [0.2, 0.25) is 0 Å². The molecule has 0 aromatic heterocycles. The highest BCUT2D eigenvalue weighted by molar-refractivity contribution is 7.86. The molecule has 1 aromatic rings. The average molecular weight is 245 g/mol.